The number of aromatic nitrogens is 6. The van der Waals surface area contributed by atoms with Crippen molar-refractivity contribution in [1.82, 2.24) is 35.3 Å². The van der Waals surface area contributed by atoms with Crippen LogP contribution >= 0.6 is 23.2 Å². The van der Waals surface area contributed by atoms with Crippen molar-refractivity contribution < 1.29 is 0 Å². The van der Waals surface area contributed by atoms with E-state index in [-0.39, 0.29) is 6.04 Å². The molecule has 7 nitrogen and oxygen atoms in total. The average Bonchev–Trinajstić information content (AvgIpc) is 3.19. The number of nitrogens with zero attached hydrogens (tertiary/aromatic N) is 6. The molecule has 0 bridgehead atoms. The van der Waals surface area contributed by atoms with Gasteiger partial charge >= 0.3 is 0 Å². The molecule has 1 atom stereocenters. The maximum Gasteiger partial charge on any atom is 0.105 e. The van der Waals surface area contributed by atoms with Crippen molar-refractivity contribution in [3.05, 3.63) is 52.0 Å². The highest BCUT2D eigenvalue weighted by atomic mass is 35.5. The van der Waals surface area contributed by atoms with Crippen LogP contribution in [0.1, 0.15) is 24.4 Å². The Kier molecular flexibility index (Phi) is 4.61. The van der Waals surface area contributed by atoms with Crippen molar-refractivity contribution in [2.75, 3.05) is 7.05 Å². The standard InChI is InChI=1S/C14H15Cl2N7/c1-9(17-2)14-8-22(20-19-14)6-10-7-23(21-18-10)11-3-4-12(15)13(16)5-11/h3-5,7-9,17H,6H2,1-2H3. The Balaban J connectivity index is 1.76. The molecule has 1 unspecified atom stereocenters. The Morgan fingerprint density at radius 1 is 1.13 bits per heavy atom. The van der Waals surface area contributed by atoms with Crippen molar-refractivity contribution in [2.45, 2.75) is 19.5 Å². The molecule has 1 aromatic carbocycles. The molecule has 1 N–H and O–H groups in total. The summed E-state index contributed by atoms with van der Waals surface area (Å²) in [6.45, 7) is 2.51. The van der Waals surface area contributed by atoms with Crippen LogP contribution in [0.15, 0.2) is 30.6 Å². The van der Waals surface area contributed by atoms with E-state index in [1.54, 1.807) is 21.5 Å². The van der Waals surface area contributed by atoms with Gasteiger partial charge in [0.15, 0.2) is 0 Å². The van der Waals surface area contributed by atoms with E-state index in [0.29, 0.717) is 16.6 Å². The molecule has 3 rings (SSSR count). The van der Waals surface area contributed by atoms with E-state index >= 15 is 0 Å². The molecule has 23 heavy (non-hydrogen) atoms. The molecule has 3 aromatic rings. The predicted molar refractivity (Wildman–Crippen MR) is 88.0 cm³/mol. The third-order valence-electron chi connectivity index (χ3n) is 3.47. The Morgan fingerprint density at radius 2 is 1.96 bits per heavy atom. The summed E-state index contributed by atoms with van der Waals surface area (Å²) in [7, 11) is 1.88. The normalized spacial score (nSPS) is 12.5. The number of hydrogen-bond donors (Lipinski definition) is 1. The summed E-state index contributed by atoms with van der Waals surface area (Å²) in [4.78, 5) is 0. The monoisotopic (exact) mass is 351 g/mol. The van der Waals surface area contributed by atoms with Crippen LogP contribution in [0.4, 0.5) is 0 Å². The minimum absolute atomic E-state index is 0.149. The molecule has 2 heterocycles. The van der Waals surface area contributed by atoms with Crippen LogP contribution in [-0.4, -0.2) is 37.0 Å². The first kappa shape index (κ1) is 15.9. The highest BCUT2D eigenvalue weighted by Gasteiger charge is 2.10. The molecule has 0 aliphatic heterocycles. The molecule has 0 spiro atoms. The van der Waals surface area contributed by atoms with Gasteiger partial charge in [-0.05, 0) is 32.2 Å². The second-order valence-electron chi connectivity index (χ2n) is 5.10. The highest BCUT2D eigenvalue weighted by molar-refractivity contribution is 6.42. The first-order chi connectivity index (χ1) is 11.1. The van der Waals surface area contributed by atoms with Gasteiger partial charge in [-0.15, -0.1) is 10.2 Å². The first-order valence-corrected chi connectivity index (χ1v) is 7.76. The van der Waals surface area contributed by atoms with E-state index < -0.39 is 0 Å². The van der Waals surface area contributed by atoms with Crippen LogP contribution in [0.3, 0.4) is 0 Å². The van der Waals surface area contributed by atoms with Crippen LogP contribution in [0, 0.1) is 0 Å². The van der Waals surface area contributed by atoms with Gasteiger partial charge in [-0.25, -0.2) is 9.36 Å². The minimum Gasteiger partial charge on any atom is -0.312 e. The third kappa shape index (κ3) is 3.52. The SMILES string of the molecule is CNC(C)c1cn(Cc2cn(-c3ccc(Cl)c(Cl)c3)nn2)nn1. The van der Waals surface area contributed by atoms with Gasteiger partial charge in [0.25, 0.3) is 0 Å². The summed E-state index contributed by atoms with van der Waals surface area (Å²) >= 11 is 11.9. The Morgan fingerprint density at radius 3 is 2.70 bits per heavy atom. The minimum atomic E-state index is 0.149. The van der Waals surface area contributed by atoms with Crippen molar-refractivity contribution in [2.24, 2.45) is 0 Å². The summed E-state index contributed by atoms with van der Waals surface area (Å²) in [5, 5.41) is 20.6. The van der Waals surface area contributed by atoms with Gasteiger partial charge in [-0.2, -0.15) is 0 Å². The molecule has 2 aromatic heterocycles. The molecular weight excluding hydrogens is 337 g/mol. The fraction of sp³-hybridized carbons (Fsp3) is 0.286. The lowest BCUT2D eigenvalue weighted by atomic mass is 10.3. The summed E-state index contributed by atoms with van der Waals surface area (Å²) in [5.41, 5.74) is 2.44. The topological polar surface area (TPSA) is 73.5 Å². The Bertz CT molecular complexity index is 811. The van der Waals surface area contributed by atoms with Crippen LogP contribution in [0.25, 0.3) is 5.69 Å². The van der Waals surface area contributed by atoms with Crippen molar-refractivity contribution in [3.8, 4) is 5.69 Å². The van der Waals surface area contributed by atoms with Gasteiger partial charge in [-0.1, -0.05) is 33.6 Å². The van der Waals surface area contributed by atoms with Gasteiger partial charge in [-0.3, -0.25) is 0 Å². The summed E-state index contributed by atoms with van der Waals surface area (Å²) < 4.78 is 3.37. The fourth-order valence-corrected chi connectivity index (χ4v) is 2.32. The number of halogens is 2. The van der Waals surface area contributed by atoms with E-state index in [1.165, 1.54) is 0 Å². The number of benzene rings is 1. The van der Waals surface area contributed by atoms with Crippen LogP contribution < -0.4 is 5.32 Å². The zero-order valence-corrected chi connectivity index (χ0v) is 14.1. The van der Waals surface area contributed by atoms with E-state index in [4.69, 9.17) is 23.2 Å². The fourth-order valence-electron chi connectivity index (χ4n) is 2.03. The number of nitrogens with one attached hydrogen (secondary N) is 1. The van der Waals surface area contributed by atoms with Crippen molar-refractivity contribution in [3.63, 3.8) is 0 Å². The smallest absolute Gasteiger partial charge is 0.105 e. The lowest BCUT2D eigenvalue weighted by Crippen LogP contribution is -2.12. The molecule has 0 radical (unpaired) electrons. The molecule has 0 fully saturated rings. The van der Waals surface area contributed by atoms with Crippen molar-refractivity contribution in [1.29, 1.82) is 0 Å². The molecule has 9 heteroatoms. The zero-order chi connectivity index (χ0) is 16.4. The lowest BCUT2D eigenvalue weighted by molar-refractivity contribution is 0.623. The second kappa shape index (κ2) is 6.66. The van der Waals surface area contributed by atoms with Crippen LogP contribution in [0.5, 0.6) is 0 Å². The number of rotatable bonds is 5. The average molecular weight is 352 g/mol. The van der Waals surface area contributed by atoms with Gasteiger partial charge in [0.05, 0.1) is 40.4 Å². The van der Waals surface area contributed by atoms with Crippen molar-refractivity contribution >= 4 is 23.2 Å². The third-order valence-corrected chi connectivity index (χ3v) is 4.20. The highest BCUT2D eigenvalue weighted by Crippen LogP contribution is 2.24. The molecule has 0 amide bonds. The quantitative estimate of drug-likeness (QED) is 0.764. The second-order valence-corrected chi connectivity index (χ2v) is 5.92. The molecule has 0 saturated heterocycles. The number of hydrogen-bond acceptors (Lipinski definition) is 5. The Labute approximate surface area is 143 Å². The maximum atomic E-state index is 6.02. The van der Waals surface area contributed by atoms with Gasteiger partial charge in [0.2, 0.25) is 0 Å². The predicted octanol–water partition coefficient (Wildman–Crippen LogP) is 2.49. The zero-order valence-electron chi connectivity index (χ0n) is 12.6. The first-order valence-electron chi connectivity index (χ1n) is 7.01. The summed E-state index contributed by atoms with van der Waals surface area (Å²) in [5.74, 6) is 0. The molecular formula is C14H15Cl2N7. The Hall–Kier alpha value is -1.96. The van der Waals surface area contributed by atoms with Crippen LogP contribution in [0.2, 0.25) is 10.0 Å². The summed E-state index contributed by atoms with van der Waals surface area (Å²) in [6, 6.07) is 5.44. The van der Waals surface area contributed by atoms with E-state index in [9.17, 15) is 0 Å². The van der Waals surface area contributed by atoms with E-state index in [2.05, 4.69) is 25.9 Å². The van der Waals surface area contributed by atoms with E-state index in [0.717, 1.165) is 17.1 Å². The molecule has 0 aliphatic rings. The molecule has 120 valence electrons. The van der Waals surface area contributed by atoms with Crippen LogP contribution in [-0.2, 0) is 6.54 Å². The lowest BCUT2D eigenvalue weighted by Gasteiger charge is -2.03. The molecule has 0 aliphatic carbocycles. The van der Waals surface area contributed by atoms with Gasteiger partial charge < -0.3 is 5.32 Å². The summed E-state index contributed by atoms with van der Waals surface area (Å²) in [6.07, 6.45) is 3.71. The molecule has 0 saturated carbocycles. The van der Waals surface area contributed by atoms with Gasteiger partial charge in [0.1, 0.15) is 5.69 Å². The van der Waals surface area contributed by atoms with E-state index in [1.807, 2.05) is 32.4 Å². The largest absolute Gasteiger partial charge is 0.312 e. The van der Waals surface area contributed by atoms with Gasteiger partial charge in [0, 0.05) is 6.04 Å². The maximum absolute atomic E-state index is 6.02.